The van der Waals surface area contributed by atoms with Gasteiger partial charge in [0.1, 0.15) is 5.65 Å². The molecule has 1 fully saturated rings. The highest BCUT2D eigenvalue weighted by molar-refractivity contribution is 5.50. The van der Waals surface area contributed by atoms with Crippen LogP contribution in [0.2, 0.25) is 0 Å². The smallest absolute Gasteiger partial charge is 0.173 e. The maximum absolute atomic E-state index is 13.8. The monoisotopic (exact) mass is 306 g/mol. The lowest BCUT2D eigenvalue weighted by Gasteiger charge is -1.94. The van der Waals surface area contributed by atoms with Crippen molar-refractivity contribution in [1.82, 2.24) is 18.8 Å². The normalized spacial score (nSPS) is 20.4. The third-order valence-electron chi connectivity index (χ3n) is 4.70. The number of nitrogens with zero attached hydrogens (tertiary/aromatic N) is 4. The maximum atomic E-state index is 13.8. The summed E-state index contributed by atoms with van der Waals surface area (Å²) in [6.45, 7) is 2.07. The second-order valence-electron chi connectivity index (χ2n) is 6.29. The summed E-state index contributed by atoms with van der Waals surface area (Å²) in [5.41, 5.74) is 4.63. The van der Waals surface area contributed by atoms with Crippen molar-refractivity contribution in [2.24, 2.45) is 0 Å². The molecule has 23 heavy (non-hydrogen) atoms. The molecule has 0 aromatic carbocycles. The molecule has 0 spiro atoms. The maximum Gasteiger partial charge on any atom is 0.173 e. The van der Waals surface area contributed by atoms with Crippen LogP contribution >= 0.6 is 0 Å². The summed E-state index contributed by atoms with van der Waals surface area (Å²) in [6.07, 6.45) is 8.92. The molecule has 0 aliphatic heterocycles. The van der Waals surface area contributed by atoms with Crippen LogP contribution in [-0.2, 0) is 0 Å². The summed E-state index contributed by atoms with van der Waals surface area (Å²) < 4.78 is 17.6. The molecule has 114 valence electrons. The highest BCUT2D eigenvalue weighted by atomic mass is 19.1. The lowest BCUT2D eigenvalue weighted by atomic mass is 10.2. The Hall–Kier alpha value is -2.69. The second kappa shape index (κ2) is 4.41. The van der Waals surface area contributed by atoms with E-state index in [0.29, 0.717) is 17.5 Å². The minimum Gasteiger partial charge on any atom is -0.307 e. The fourth-order valence-corrected chi connectivity index (χ4v) is 3.38. The summed E-state index contributed by atoms with van der Waals surface area (Å²) in [5.74, 6) is 0.432. The van der Waals surface area contributed by atoms with Crippen LogP contribution in [0.15, 0.2) is 49.1 Å². The van der Waals surface area contributed by atoms with Gasteiger partial charge in [0.2, 0.25) is 0 Å². The fourth-order valence-electron chi connectivity index (χ4n) is 3.38. The van der Waals surface area contributed by atoms with Crippen LogP contribution in [0.3, 0.4) is 0 Å². The van der Waals surface area contributed by atoms with Crippen molar-refractivity contribution in [1.29, 1.82) is 0 Å². The van der Waals surface area contributed by atoms with Gasteiger partial charge >= 0.3 is 0 Å². The van der Waals surface area contributed by atoms with Crippen molar-refractivity contribution in [2.75, 3.05) is 0 Å². The predicted octanol–water partition coefficient (Wildman–Crippen LogP) is 3.70. The molecule has 0 amide bonds. The molecule has 0 bridgehead atoms. The topological polar surface area (TPSA) is 34.6 Å². The molecule has 4 aromatic rings. The minimum absolute atomic E-state index is 0.278. The molecular formula is C18H15FN4. The molecule has 5 rings (SSSR count). The van der Waals surface area contributed by atoms with Gasteiger partial charge in [-0.1, -0.05) is 6.07 Å². The SMILES string of the molecule is Cc1cccn2cc(C3CC3c3cn4cccc(F)c4n3)nc12. The lowest BCUT2D eigenvalue weighted by molar-refractivity contribution is 0.630. The van der Waals surface area contributed by atoms with Gasteiger partial charge in [-0.05, 0) is 37.1 Å². The number of halogens is 1. The number of aryl methyl sites for hydroxylation is 1. The zero-order valence-electron chi connectivity index (χ0n) is 12.6. The van der Waals surface area contributed by atoms with Crippen molar-refractivity contribution in [3.8, 4) is 0 Å². The standard InChI is InChI=1S/C18H15FN4/c1-11-4-2-6-22-9-15(20-17(11)22)12-8-13(12)16-10-23-7-3-5-14(19)18(23)21-16/h2-7,9-10,12-13H,8H2,1H3. The molecule has 0 radical (unpaired) electrons. The summed E-state index contributed by atoms with van der Waals surface area (Å²) >= 11 is 0. The van der Waals surface area contributed by atoms with E-state index in [0.717, 1.165) is 23.5 Å². The number of imidazole rings is 2. The Morgan fingerprint density at radius 3 is 2.22 bits per heavy atom. The number of aromatic nitrogens is 4. The van der Waals surface area contributed by atoms with Crippen LogP contribution in [-0.4, -0.2) is 18.8 Å². The van der Waals surface area contributed by atoms with Gasteiger partial charge in [0, 0.05) is 36.6 Å². The Balaban J connectivity index is 1.51. The van der Waals surface area contributed by atoms with Gasteiger partial charge in [-0.25, -0.2) is 14.4 Å². The van der Waals surface area contributed by atoms with Crippen molar-refractivity contribution >= 4 is 11.3 Å². The summed E-state index contributed by atoms with van der Waals surface area (Å²) in [5, 5.41) is 0. The Kier molecular flexibility index (Phi) is 2.46. The van der Waals surface area contributed by atoms with Crippen molar-refractivity contribution in [3.05, 3.63) is 71.8 Å². The molecule has 4 heterocycles. The first-order chi connectivity index (χ1) is 11.2. The largest absolute Gasteiger partial charge is 0.307 e. The molecule has 4 nitrogen and oxygen atoms in total. The Morgan fingerprint density at radius 2 is 1.57 bits per heavy atom. The van der Waals surface area contributed by atoms with Gasteiger partial charge in [-0.2, -0.15) is 0 Å². The van der Waals surface area contributed by atoms with E-state index in [2.05, 4.69) is 28.6 Å². The number of pyridine rings is 2. The third kappa shape index (κ3) is 1.89. The van der Waals surface area contributed by atoms with E-state index < -0.39 is 0 Å². The van der Waals surface area contributed by atoms with E-state index in [1.165, 1.54) is 11.6 Å². The molecule has 0 saturated heterocycles. The Bertz CT molecular complexity index is 962. The van der Waals surface area contributed by atoms with E-state index >= 15 is 0 Å². The van der Waals surface area contributed by atoms with Crippen LogP contribution in [0, 0.1) is 12.7 Å². The van der Waals surface area contributed by atoms with E-state index in [4.69, 9.17) is 4.98 Å². The van der Waals surface area contributed by atoms with Crippen LogP contribution in [0.1, 0.15) is 35.2 Å². The van der Waals surface area contributed by atoms with Gasteiger partial charge in [0.05, 0.1) is 11.4 Å². The number of hydrogen-bond donors (Lipinski definition) is 0. The zero-order chi connectivity index (χ0) is 15.6. The third-order valence-corrected chi connectivity index (χ3v) is 4.70. The molecule has 2 atom stereocenters. The predicted molar refractivity (Wildman–Crippen MR) is 85.2 cm³/mol. The van der Waals surface area contributed by atoms with Crippen molar-refractivity contribution in [2.45, 2.75) is 25.2 Å². The highest BCUT2D eigenvalue weighted by Crippen LogP contribution is 2.53. The molecule has 1 aliphatic carbocycles. The van der Waals surface area contributed by atoms with Crippen LogP contribution in [0.4, 0.5) is 4.39 Å². The quantitative estimate of drug-likeness (QED) is 0.566. The van der Waals surface area contributed by atoms with Gasteiger partial charge in [-0.3, -0.25) is 0 Å². The van der Waals surface area contributed by atoms with Crippen LogP contribution in [0.25, 0.3) is 11.3 Å². The molecule has 1 aliphatic rings. The van der Waals surface area contributed by atoms with Gasteiger partial charge in [-0.15, -0.1) is 0 Å². The molecule has 4 aromatic heterocycles. The number of fused-ring (bicyclic) bond motifs is 2. The fraction of sp³-hybridized carbons (Fsp3) is 0.222. The van der Waals surface area contributed by atoms with E-state index in [1.807, 2.05) is 24.7 Å². The van der Waals surface area contributed by atoms with Crippen molar-refractivity contribution < 1.29 is 4.39 Å². The number of hydrogen-bond acceptors (Lipinski definition) is 2. The van der Waals surface area contributed by atoms with Gasteiger partial charge in [0.15, 0.2) is 11.5 Å². The second-order valence-corrected chi connectivity index (χ2v) is 6.29. The van der Waals surface area contributed by atoms with Crippen LogP contribution in [0.5, 0.6) is 0 Å². The highest BCUT2D eigenvalue weighted by Gasteiger charge is 2.43. The lowest BCUT2D eigenvalue weighted by Crippen LogP contribution is -1.85. The minimum atomic E-state index is -0.278. The van der Waals surface area contributed by atoms with Gasteiger partial charge in [0.25, 0.3) is 0 Å². The average molecular weight is 306 g/mol. The van der Waals surface area contributed by atoms with E-state index in [-0.39, 0.29) is 5.82 Å². The van der Waals surface area contributed by atoms with E-state index in [9.17, 15) is 4.39 Å². The summed E-state index contributed by atoms with van der Waals surface area (Å²) in [4.78, 5) is 9.25. The average Bonchev–Trinajstić information content (AvgIpc) is 3.02. The van der Waals surface area contributed by atoms with E-state index in [1.54, 1.807) is 10.5 Å². The van der Waals surface area contributed by atoms with Crippen molar-refractivity contribution in [3.63, 3.8) is 0 Å². The molecule has 0 N–H and O–H groups in total. The summed E-state index contributed by atoms with van der Waals surface area (Å²) in [7, 11) is 0. The summed E-state index contributed by atoms with van der Waals surface area (Å²) in [6, 6.07) is 7.24. The Labute approximate surface area is 132 Å². The first-order valence-electron chi connectivity index (χ1n) is 7.78. The molecule has 2 unspecified atom stereocenters. The zero-order valence-corrected chi connectivity index (χ0v) is 12.6. The Morgan fingerprint density at radius 1 is 0.957 bits per heavy atom. The molecule has 5 heteroatoms. The number of rotatable bonds is 2. The van der Waals surface area contributed by atoms with Gasteiger partial charge < -0.3 is 8.80 Å². The van der Waals surface area contributed by atoms with Crippen LogP contribution < -0.4 is 0 Å². The molecular weight excluding hydrogens is 291 g/mol. The molecule has 1 saturated carbocycles. The first-order valence-corrected chi connectivity index (χ1v) is 7.78. The first kappa shape index (κ1) is 12.8.